The molecule has 0 radical (unpaired) electrons. The molecule has 0 spiro atoms. The van der Waals surface area contributed by atoms with Crippen LogP contribution in [0.15, 0.2) is 54.6 Å². The summed E-state index contributed by atoms with van der Waals surface area (Å²) in [6, 6.07) is 13.2. The van der Waals surface area contributed by atoms with Crippen LogP contribution in [0.1, 0.15) is 18.1 Å². The van der Waals surface area contributed by atoms with Gasteiger partial charge in [-0.15, -0.1) is 0 Å². The number of nitrogens with one attached hydrogen (secondary N) is 1. The van der Waals surface area contributed by atoms with Crippen LogP contribution in [-0.2, 0) is 15.1 Å². The Hall–Kier alpha value is -2.70. The Bertz CT molecular complexity index is 821. The van der Waals surface area contributed by atoms with Gasteiger partial charge in [0.05, 0.1) is 11.5 Å². The Labute approximate surface area is 156 Å². The normalized spacial score (nSPS) is 13.3. The number of nitrogens with zero attached hydrogens (tertiary/aromatic N) is 1. The van der Waals surface area contributed by atoms with Crippen LogP contribution in [0.2, 0.25) is 5.02 Å². The summed E-state index contributed by atoms with van der Waals surface area (Å²) in [6.07, 6.45) is 2.96. The number of amides is 1. The van der Waals surface area contributed by atoms with Crippen molar-refractivity contribution in [1.29, 1.82) is 0 Å². The summed E-state index contributed by atoms with van der Waals surface area (Å²) >= 11 is 6.02. The highest BCUT2D eigenvalue weighted by Crippen LogP contribution is 2.26. The van der Waals surface area contributed by atoms with Gasteiger partial charge in [0, 0.05) is 30.3 Å². The number of ether oxygens (including phenoxy) is 1. The van der Waals surface area contributed by atoms with Crippen molar-refractivity contribution in [2.75, 3.05) is 13.7 Å². The van der Waals surface area contributed by atoms with Gasteiger partial charge >= 0.3 is 0 Å². The van der Waals surface area contributed by atoms with Crippen LogP contribution in [0.3, 0.4) is 0 Å². The molecule has 0 heterocycles. The molecule has 1 atom stereocenters. The van der Waals surface area contributed by atoms with Gasteiger partial charge in [0.1, 0.15) is 5.60 Å². The lowest BCUT2D eigenvalue weighted by Crippen LogP contribution is -2.39. The molecule has 0 aliphatic heterocycles. The molecule has 0 aliphatic rings. The van der Waals surface area contributed by atoms with Crippen molar-refractivity contribution in [1.82, 2.24) is 5.32 Å². The maximum atomic E-state index is 12.1. The van der Waals surface area contributed by atoms with E-state index in [1.807, 2.05) is 19.1 Å². The van der Waals surface area contributed by atoms with E-state index in [4.69, 9.17) is 16.3 Å². The first-order valence-electron chi connectivity index (χ1n) is 7.85. The number of halogens is 1. The third-order valence-corrected chi connectivity index (χ3v) is 4.25. The first-order valence-corrected chi connectivity index (χ1v) is 8.23. The molecule has 0 fully saturated rings. The van der Waals surface area contributed by atoms with Crippen molar-refractivity contribution < 1.29 is 14.5 Å². The maximum Gasteiger partial charge on any atom is 0.269 e. The lowest BCUT2D eigenvalue weighted by atomic mass is 9.95. The highest BCUT2D eigenvalue weighted by Gasteiger charge is 2.26. The summed E-state index contributed by atoms with van der Waals surface area (Å²) < 4.78 is 5.57. The second-order valence-electron chi connectivity index (χ2n) is 5.85. The van der Waals surface area contributed by atoms with E-state index in [0.29, 0.717) is 10.6 Å². The molecule has 0 aromatic heterocycles. The minimum atomic E-state index is -0.720. The van der Waals surface area contributed by atoms with Gasteiger partial charge in [0.25, 0.3) is 5.69 Å². The van der Waals surface area contributed by atoms with Crippen molar-refractivity contribution in [2.45, 2.75) is 12.5 Å². The van der Waals surface area contributed by atoms with Crippen molar-refractivity contribution >= 4 is 29.3 Å². The van der Waals surface area contributed by atoms with Gasteiger partial charge in [-0.2, -0.15) is 0 Å². The molecule has 26 heavy (non-hydrogen) atoms. The predicted octanol–water partition coefficient (Wildman–Crippen LogP) is 3.94. The quantitative estimate of drug-likeness (QED) is 0.452. The fourth-order valence-electron chi connectivity index (χ4n) is 2.30. The van der Waals surface area contributed by atoms with Gasteiger partial charge < -0.3 is 10.1 Å². The summed E-state index contributed by atoms with van der Waals surface area (Å²) in [7, 11) is 1.57. The molecule has 2 aromatic rings. The average Bonchev–Trinajstić information content (AvgIpc) is 2.64. The van der Waals surface area contributed by atoms with Crippen LogP contribution in [0.25, 0.3) is 6.08 Å². The molecule has 0 aliphatic carbocycles. The summed E-state index contributed by atoms with van der Waals surface area (Å²) in [4.78, 5) is 22.2. The van der Waals surface area contributed by atoms with Gasteiger partial charge in [-0.25, -0.2) is 0 Å². The number of non-ortho nitro benzene ring substituents is 1. The molecule has 1 N–H and O–H groups in total. The lowest BCUT2D eigenvalue weighted by molar-refractivity contribution is -0.384. The van der Waals surface area contributed by atoms with Crippen LogP contribution in [0.5, 0.6) is 0 Å². The SMILES string of the molecule is COC(C)(CNC(=O)/C=C/c1ccc([N+](=O)[O-])cc1)c1cccc(Cl)c1. The van der Waals surface area contributed by atoms with Gasteiger partial charge in [-0.05, 0) is 48.4 Å². The molecule has 7 heteroatoms. The zero-order valence-corrected chi connectivity index (χ0v) is 15.2. The van der Waals surface area contributed by atoms with Crippen molar-refractivity contribution in [2.24, 2.45) is 0 Å². The number of hydrogen-bond acceptors (Lipinski definition) is 4. The van der Waals surface area contributed by atoms with E-state index in [2.05, 4.69) is 5.32 Å². The number of methoxy groups -OCH3 is 1. The zero-order valence-electron chi connectivity index (χ0n) is 14.4. The zero-order chi connectivity index (χ0) is 19.2. The van der Waals surface area contributed by atoms with Crippen LogP contribution in [0, 0.1) is 10.1 Å². The van der Waals surface area contributed by atoms with E-state index in [1.165, 1.54) is 18.2 Å². The lowest BCUT2D eigenvalue weighted by Gasteiger charge is -2.29. The minimum Gasteiger partial charge on any atom is -0.372 e. The van der Waals surface area contributed by atoms with Crippen LogP contribution in [0.4, 0.5) is 5.69 Å². The summed E-state index contributed by atoms with van der Waals surface area (Å²) in [6.45, 7) is 2.12. The highest BCUT2D eigenvalue weighted by molar-refractivity contribution is 6.30. The third kappa shape index (κ3) is 5.15. The maximum absolute atomic E-state index is 12.1. The van der Waals surface area contributed by atoms with Gasteiger partial charge in [-0.3, -0.25) is 14.9 Å². The van der Waals surface area contributed by atoms with Crippen molar-refractivity contribution in [3.05, 3.63) is 80.9 Å². The predicted molar refractivity (Wildman–Crippen MR) is 101 cm³/mol. The Morgan fingerprint density at radius 3 is 2.58 bits per heavy atom. The van der Waals surface area contributed by atoms with Crippen molar-refractivity contribution in [3.8, 4) is 0 Å². The highest BCUT2D eigenvalue weighted by atomic mass is 35.5. The number of rotatable bonds is 7. The molecular formula is C19H19ClN2O4. The Balaban J connectivity index is 1.99. The summed E-state index contributed by atoms with van der Waals surface area (Å²) in [5, 5.41) is 14.0. The van der Waals surface area contributed by atoms with Crippen LogP contribution in [-0.4, -0.2) is 24.5 Å². The van der Waals surface area contributed by atoms with Crippen LogP contribution >= 0.6 is 11.6 Å². The van der Waals surface area contributed by atoms with Gasteiger partial charge in [0.2, 0.25) is 5.91 Å². The molecule has 2 aromatic carbocycles. The van der Waals surface area contributed by atoms with E-state index in [1.54, 1.807) is 37.5 Å². The van der Waals surface area contributed by atoms with E-state index in [0.717, 1.165) is 5.56 Å². The molecular weight excluding hydrogens is 356 g/mol. The fraction of sp³-hybridized carbons (Fsp3) is 0.211. The second-order valence-corrected chi connectivity index (χ2v) is 6.28. The van der Waals surface area contributed by atoms with E-state index in [-0.39, 0.29) is 18.1 Å². The van der Waals surface area contributed by atoms with Gasteiger partial charge in [0.15, 0.2) is 0 Å². The Morgan fingerprint density at radius 1 is 1.31 bits per heavy atom. The standard InChI is InChI=1S/C19H19ClN2O4/c1-19(26-2,15-4-3-5-16(20)12-15)13-21-18(23)11-8-14-6-9-17(10-7-14)22(24)25/h3-12H,13H2,1-2H3,(H,21,23)/b11-8+. The largest absolute Gasteiger partial charge is 0.372 e. The third-order valence-electron chi connectivity index (χ3n) is 4.02. The number of carbonyl (C=O) groups excluding carboxylic acids is 1. The smallest absolute Gasteiger partial charge is 0.269 e. The molecule has 1 unspecified atom stereocenters. The van der Waals surface area contributed by atoms with Crippen molar-refractivity contribution in [3.63, 3.8) is 0 Å². The Morgan fingerprint density at radius 2 is 2.00 bits per heavy atom. The molecule has 0 saturated carbocycles. The summed E-state index contributed by atoms with van der Waals surface area (Å²) in [5.74, 6) is -0.298. The molecule has 1 amide bonds. The van der Waals surface area contributed by atoms with E-state index < -0.39 is 10.5 Å². The first-order chi connectivity index (χ1) is 12.3. The Kier molecular flexibility index (Phi) is 6.49. The number of carbonyl (C=O) groups is 1. The molecule has 0 bridgehead atoms. The van der Waals surface area contributed by atoms with E-state index >= 15 is 0 Å². The topological polar surface area (TPSA) is 81.5 Å². The first kappa shape index (κ1) is 19.6. The molecule has 136 valence electrons. The minimum absolute atomic E-state index is 0.00369. The van der Waals surface area contributed by atoms with E-state index in [9.17, 15) is 14.9 Å². The molecule has 0 saturated heterocycles. The monoisotopic (exact) mass is 374 g/mol. The number of nitro benzene ring substituents is 1. The fourth-order valence-corrected chi connectivity index (χ4v) is 2.49. The number of hydrogen-bond donors (Lipinski definition) is 1. The average molecular weight is 375 g/mol. The molecule has 6 nitrogen and oxygen atoms in total. The summed E-state index contributed by atoms with van der Waals surface area (Å²) in [5.41, 5.74) is 0.827. The van der Waals surface area contributed by atoms with Crippen LogP contribution < -0.4 is 5.32 Å². The number of benzene rings is 2. The molecule has 2 rings (SSSR count). The second kappa shape index (κ2) is 8.60. The number of nitro groups is 1. The van der Waals surface area contributed by atoms with Gasteiger partial charge in [-0.1, -0.05) is 23.7 Å².